The number of carbonyl (C=O) groups is 2. The highest BCUT2D eigenvalue weighted by Gasteiger charge is 2.22. The van der Waals surface area contributed by atoms with Gasteiger partial charge in [-0.25, -0.2) is 0 Å². The lowest BCUT2D eigenvalue weighted by atomic mass is 10.1. The standard InChI is InChI=1S/C11H18N4O2/c1-2-15-7-3-4-9(8-15)14-11(17)10(16)13-6-5-12/h9H,2-4,6-8H2,1H3,(H,13,16)(H,14,17). The van der Waals surface area contributed by atoms with Crippen LogP contribution in [0.25, 0.3) is 0 Å². The molecule has 0 bridgehead atoms. The van der Waals surface area contributed by atoms with E-state index in [9.17, 15) is 9.59 Å². The molecule has 0 aromatic carbocycles. The summed E-state index contributed by atoms with van der Waals surface area (Å²) >= 11 is 0. The van der Waals surface area contributed by atoms with Crippen LogP contribution in [-0.4, -0.2) is 48.9 Å². The second-order valence-electron chi connectivity index (χ2n) is 4.05. The topological polar surface area (TPSA) is 85.2 Å². The Balaban J connectivity index is 2.35. The van der Waals surface area contributed by atoms with Crippen LogP contribution in [0, 0.1) is 11.3 Å². The first-order chi connectivity index (χ1) is 8.17. The van der Waals surface area contributed by atoms with Crippen LogP contribution in [0.2, 0.25) is 0 Å². The van der Waals surface area contributed by atoms with Gasteiger partial charge in [0.2, 0.25) is 0 Å². The molecule has 1 aliphatic heterocycles. The maximum atomic E-state index is 11.5. The summed E-state index contributed by atoms with van der Waals surface area (Å²) in [5.74, 6) is -1.39. The van der Waals surface area contributed by atoms with Gasteiger partial charge in [-0.05, 0) is 25.9 Å². The summed E-state index contributed by atoms with van der Waals surface area (Å²) in [5.41, 5.74) is 0. The quantitative estimate of drug-likeness (QED) is 0.499. The molecule has 2 N–H and O–H groups in total. The zero-order valence-electron chi connectivity index (χ0n) is 10.0. The molecule has 1 heterocycles. The molecule has 1 atom stereocenters. The Kier molecular flexibility index (Phi) is 5.43. The van der Waals surface area contributed by atoms with Crippen LogP contribution in [0.1, 0.15) is 19.8 Å². The van der Waals surface area contributed by atoms with Crippen molar-refractivity contribution in [3.05, 3.63) is 0 Å². The van der Waals surface area contributed by atoms with Crippen LogP contribution in [0.3, 0.4) is 0 Å². The summed E-state index contributed by atoms with van der Waals surface area (Å²) in [4.78, 5) is 24.9. The fourth-order valence-corrected chi connectivity index (χ4v) is 1.91. The number of hydrogen-bond donors (Lipinski definition) is 2. The van der Waals surface area contributed by atoms with Gasteiger partial charge in [0, 0.05) is 12.6 Å². The van der Waals surface area contributed by atoms with Gasteiger partial charge in [0.05, 0.1) is 6.07 Å². The lowest BCUT2D eigenvalue weighted by Gasteiger charge is -2.31. The molecule has 1 rings (SSSR count). The van der Waals surface area contributed by atoms with Crippen LogP contribution in [0.4, 0.5) is 0 Å². The van der Waals surface area contributed by atoms with Crippen molar-refractivity contribution in [2.45, 2.75) is 25.8 Å². The van der Waals surface area contributed by atoms with E-state index in [2.05, 4.69) is 22.5 Å². The molecule has 0 radical (unpaired) electrons. The van der Waals surface area contributed by atoms with E-state index in [1.54, 1.807) is 6.07 Å². The van der Waals surface area contributed by atoms with Crippen molar-refractivity contribution in [1.82, 2.24) is 15.5 Å². The number of nitriles is 1. The maximum absolute atomic E-state index is 11.5. The molecule has 0 spiro atoms. The molecule has 6 heteroatoms. The number of nitrogens with one attached hydrogen (secondary N) is 2. The number of likely N-dealkylation sites (tertiary alicyclic amines) is 1. The highest BCUT2D eigenvalue weighted by molar-refractivity contribution is 6.35. The van der Waals surface area contributed by atoms with Crippen molar-refractivity contribution in [1.29, 1.82) is 5.26 Å². The van der Waals surface area contributed by atoms with Gasteiger partial charge in [-0.2, -0.15) is 5.26 Å². The molecule has 1 aliphatic rings. The van der Waals surface area contributed by atoms with Gasteiger partial charge < -0.3 is 15.5 Å². The van der Waals surface area contributed by atoms with Crippen molar-refractivity contribution < 1.29 is 9.59 Å². The molecule has 94 valence electrons. The van der Waals surface area contributed by atoms with Crippen molar-refractivity contribution in [3.63, 3.8) is 0 Å². The van der Waals surface area contributed by atoms with Crippen molar-refractivity contribution in [2.24, 2.45) is 0 Å². The number of carbonyl (C=O) groups excluding carboxylic acids is 2. The Hall–Kier alpha value is -1.61. The lowest BCUT2D eigenvalue weighted by Crippen LogP contribution is -2.51. The van der Waals surface area contributed by atoms with Crippen LogP contribution >= 0.6 is 0 Å². The Labute approximate surface area is 101 Å². The molecule has 1 saturated heterocycles. The minimum absolute atomic E-state index is 0.0315. The zero-order chi connectivity index (χ0) is 12.7. The van der Waals surface area contributed by atoms with E-state index in [1.807, 2.05) is 0 Å². The molecule has 1 fully saturated rings. The summed E-state index contributed by atoms with van der Waals surface area (Å²) < 4.78 is 0. The van der Waals surface area contributed by atoms with E-state index < -0.39 is 11.8 Å². The van der Waals surface area contributed by atoms with E-state index in [4.69, 9.17) is 5.26 Å². The van der Waals surface area contributed by atoms with Crippen molar-refractivity contribution in [2.75, 3.05) is 26.2 Å². The van der Waals surface area contributed by atoms with E-state index in [-0.39, 0.29) is 12.6 Å². The minimum atomic E-state index is -0.736. The van der Waals surface area contributed by atoms with Gasteiger partial charge in [0.25, 0.3) is 0 Å². The van der Waals surface area contributed by atoms with E-state index in [1.165, 1.54) is 0 Å². The molecule has 0 saturated carbocycles. The third kappa shape index (κ3) is 4.41. The number of rotatable bonds is 3. The molecule has 1 unspecified atom stereocenters. The van der Waals surface area contributed by atoms with E-state index >= 15 is 0 Å². The van der Waals surface area contributed by atoms with E-state index in [0.717, 1.165) is 32.5 Å². The lowest BCUT2D eigenvalue weighted by molar-refractivity contribution is -0.139. The summed E-state index contributed by atoms with van der Waals surface area (Å²) in [7, 11) is 0. The molecule has 6 nitrogen and oxygen atoms in total. The Morgan fingerprint density at radius 3 is 2.88 bits per heavy atom. The normalized spacial score (nSPS) is 20.4. The second kappa shape index (κ2) is 6.86. The maximum Gasteiger partial charge on any atom is 0.310 e. The van der Waals surface area contributed by atoms with Gasteiger partial charge in [-0.15, -0.1) is 0 Å². The number of nitrogens with zero attached hydrogens (tertiary/aromatic N) is 2. The highest BCUT2D eigenvalue weighted by Crippen LogP contribution is 2.09. The fourth-order valence-electron chi connectivity index (χ4n) is 1.91. The SMILES string of the molecule is CCN1CCCC(NC(=O)C(=O)NCC#N)C1. The molecule has 0 aliphatic carbocycles. The van der Waals surface area contributed by atoms with Gasteiger partial charge >= 0.3 is 11.8 Å². The summed E-state index contributed by atoms with van der Waals surface area (Å²) in [6.07, 6.45) is 1.92. The fraction of sp³-hybridized carbons (Fsp3) is 0.727. The zero-order valence-corrected chi connectivity index (χ0v) is 10.0. The highest BCUT2D eigenvalue weighted by atomic mass is 16.2. The smallest absolute Gasteiger partial charge is 0.310 e. The van der Waals surface area contributed by atoms with Crippen LogP contribution in [0.5, 0.6) is 0 Å². The van der Waals surface area contributed by atoms with Crippen molar-refractivity contribution in [3.8, 4) is 6.07 Å². The van der Waals surface area contributed by atoms with Crippen molar-refractivity contribution >= 4 is 11.8 Å². The molecular weight excluding hydrogens is 220 g/mol. The predicted molar refractivity (Wildman–Crippen MR) is 61.9 cm³/mol. The van der Waals surface area contributed by atoms with Gasteiger partial charge in [-0.3, -0.25) is 9.59 Å². The first-order valence-electron chi connectivity index (χ1n) is 5.85. The largest absolute Gasteiger partial charge is 0.344 e. The molecule has 0 aromatic rings. The first kappa shape index (κ1) is 13.5. The van der Waals surface area contributed by atoms with Crippen LogP contribution in [0.15, 0.2) is 0 Å². The second-order valence-corrected chi connectivity index (χ2v) is 4.05. The predicted octanol–water partition coefficient (Wildman–Crippen LogP) is -0.773. The number of piperidine rings is 1. The van der Waals surface area contributed by atoms with Crippen LogP contribution < -0.4 is 10.6 Å². The molecular formula is C11H18N4O2. The molecule has 0 aromatic heterocycles. The number of amides is 2. The third-order valence-corrected chi connectivity index (χ3v) is 2.82. The first-order valence-corrected chi connectivity index (χ1v) is 5.85. The van der Waals surface area contributed by atoms with Gasteiger partial charge in [0.1, 0.15) is 6.54 Å². The Morgan fingerprint density at radius 1 is 1.47 bits per heavy atom. The van der Waals surface area contributed by atoms with Gasteiger partial charge in [0.15, 0.2) is 0 Å². The minimum Gasteiger partial charge on any atom is -0.344 e. The van der Waals surface area contributed by atoms with Gasteiger partial charge in [-0.1, -0.05) is 6.92 Å². The third-order valence-electron chi connectivity index (χ3n) is 2.82. The summed E-state index contributed by atoms with van der Waals surface area (Å²) in [6, 6.07) is 1.78. The van der Waals surface area contributed by atoms with E-state index in [0.29, 0.717) is 0 Å². The van der Waals surface area contributed by atoms with Crippen LogP contribution in [-0.2, 0) is 9.59 Å². The summed E-state index contributed by atoms with van der Waals surface area (Å²) in [5, 5.41) is 13.2. The average molecular weight is 238 g/mol. The summed E-state index contributed by atoms with van der Waals surface area (Å²) in [6.45, 7) is 4.71. The number of likely N-dealkylation sites (N-methyl/N-ethyl adjacent to an activating group) is 1. The molecule has 17 heavy (non-hydrogen) atoms. The number of hydrogen-bond acceptors (Lipinski definition) is 4. The molecule has 2 amide bonds. The Morgan fingerprint density at radius 2 is 2.24 bits per heavy atom. The average Bonchev–Trinajstić information content (AvgIpc) is 2.36. The Bertz CT molecular complexity index is 324. The monoisotopic (exact) mass is 238 g/mol.